The van der Waals surface area contributed by atoms with Gasteiger partial charge in [0.15, 0.2) is 5.96 Å². The smallest absolute Gasteiger partial charge is 0.321 e. The third-order valence-electron chi connectivity index (χ3n) is 5.28. The molecule has 3 rings (SSSR count). The molecule has 1 fully saturated rings. The summed E-state index contributed by atoms with van der Waals surface area (Å²) in [7, 11) is 0. The van der Waals surface area contributed by atoms with Crippen molar-refractivity contribution in [2.24, 2.45) is 4.99 Å². The molecule has 3 N–H and O–H groups in total. The lowest BCUT2D eigenvalue weighted by atomic mass is 10.1. The number of hydrogen-bond acceptors (Lipinski definition) is 2. The quantitative estimate of drug-likeness (QED) is 0.283. The molecule has 31 heavy (non-hydrogen) atoms. The fourth-order valence-electron chi connectivity index (χ4n) is 3.61. The van der Waals surface area contributed by atoms with Gasteiger partial charge < -0.3 is 20.9 Å². The summed E-state index contributed by atoms with van der Waals surface area (Å²) < 4.78 is 0. The molecule has 0 aromatic heterocycles. The molecule has 6 nitrogen and oxygen atoms in total. The van der Waals surface area contributed by atoms with Gasteiger partial charge in [-0.15, -0.1) is 24.0 Å². The third-order valence-corrected chi connectivity index (χ3v) is 5.28. The second-order valence-corrected chi connectivity index (χ2v) is 7.80. The fourth-order valence-corrected chi connectivity index (χ4v) is 3.61. The van der Waals surface area contributed by atoms with Gasteiger partial charge in [-0.25, -0.2) is 9.79 Å². The second-order valence-electron chi connectivity index (χ2n) is 7.80. The van der Waals surface area contributed by atoms with E-state index in [4.69, 9.17) is 4.99 Å². The zero-order chi connectivity index (χ0) is 21.3. The van der Waals surface area contributed by atoms with E-state index in [-0.39, 0.29) is 30.0 Å². The molecular weight excluding hydrogens is 501 g/mol. The highest BCUT2D eigenvalue weighted by Gasteiger charge is 2.17. The summed E-state index contributed by atoms with van der Waals surface area (Å²) in [6.45, 7) is 10.0. The molecule has 0 atom stereocenters. The summed E-state index contributed by atoms with van der Waals surface area (Å²) in [5.74, 6) is 0.781. The van der Waals surface area contributed by atoms with E-state index in [9.17, 15) is 4.79 Å². The van der Waals surface area contributed by atoms with Crippen LogP contribution in [0.3, 0.4) is 0 Å². The minimum Gasteiger partial charge on any atom is -0.357 e. The minimum atomic E-state index is -0.0170. The lowest BCUT2D eigenvalue weighted by Crippen LogP contribution is -2.37. The number of urea groups is 1. The van der Waals surface area contributed by atoms with Crippen LogP contribution in [0, 0.1) is 13.8 Å². The van der Waals surface area contributed by atoms with Crippen LogP contribution in [0.5, 0.6) is 0 Å². The van der Waals surface area contributed by atoms with E-state index in [1.54, 1.807) is 0 Å². The zero-order valence-corrected chi connectivity index (χ0v) is 21.0. The van der Waals surface area contributed by atoms with E-state index in [0.29, 0.717) is 6.54 Å². The number of benzene rings is 2. The Morgan fingerprint density at radius 2 is 1.84 bits per heavy atom. The molecule has 1 aliphatic heterocycles. The Kier molecular flexibility index (Phi) is 10.1. The number of guanidine groups is 1. The summed E-state index contributed by atoms with van der Waals surface area (Å²) in [5.41, 5.74) is 5.68. The van der Waals surface area contributed by atoms with Crippen molar-refractivity contribution in [3.63, 3.8) is 0 Å². The van der Waals surface area contributed by atoms with Gasteiger partial charge >= 0.3 is 6.03 Å². The minimum absolute atomic E-state index is 0. The first-order chi connectivity index (χ1) is 14.5. The van der Waals surface area contributed by atoms with Gasteiger partial charge in [0, 0.05) is 31.9 Å². The largest absolute Gasteiger partial charge is 0.357 e. The van der Waals surface area contributed by atoms with Gasteiger partial charge in [-0.3, -0.25) is 0 Å². The summed E-state index contributed by atoms with van der Waals surface area (Å²) >= 11 is 0. The van der Waals surface area contributed by atoms with Crippen LogP contribution in [0.25, 0.3) is 0 Å². The SMILES string of the molecule is CCNC(=NCc1cccc(NC(=O)N2CCCC2)c1)NCc1ccc(C)cc1C.I. The first-order valence-corrected chi connectivity index (χ1v) is 10.8. The number of carbonyl (C=O) groups excluding carboxylic acids is 1. The van der Waals surface area contributed by atoms with Gasteiger partial charge in [-0.2, -0.15) is 0 Å². The molecule has 1 heterocycles. The average molecular weight is 535 g/mol. The number of hydrogen-bond donors (Lipinski definition) is 3. The van der Waals surface area contributed by atoms with E-state index in [1.807, 2.05) is 29.2 Å². The summed E-state index contributed by atoms with van der Waals surface area (Å²) in [6, 6.07) is 14.4. The molecule has 7 heteroatoms. The van der Waals surface area contributed by atoms with Gasteiger partial charge in [0.05, 0.1) is 6.54 Å². The molecule has 0 aliphatic carbocycles. The Morgan fingerprint density at radius 1 is 1.06 bits per heavy atom. The van der Waals surface area contributed by atoms with E-state index in [1.165, 1.54) is 16.7 Å². The molecule has 1 saturated heterocycles. The number of aliphatic imine (C=N–C) groups is 1. The van der Waals surface area contributed by atoms with Gasteiger partial charge in [0.1, 0.15) is 0 Å². The molecule has 2 aromatic carbocycles. The van der Waals surface area contributed by atoms with Crippen LogP contribution < -0.4 is 16.0 Å². The highest BCUT2D eigenvalue weighted by atomic mass is 127. The topological polar surface area (TPSA) is 68.8 Å². The Hall–Kier alpha value is -2.29. The normalized spacial score (nSPS) is 13.5. The predicted molar refractivity (Wildman–Crippen MR) is 139 cm³/mol. The van der Waals surface area contributed by atoms with Crippen LogP contribution in [-0.4, -0.2) is 36.5 Å². The van der Waals surface area contributed by atoms with Crippen molar-refractivity contribution in [3.8, 4) is 0 Å². The van der Waals surface area contributed by atoms with E-state index >= 15 is 0 Å². The van der Waals surface area contributed by atoms with E-state index in [2.05, 4.69) is 54.9 Å². The Labute approximate surface area is 202 Å². The molecule has 1 aliphatic rings. The van der Waals surface area contributed by atoms with Crippen LogP contribution in [0.1, 0.15) is 42.0 Å². The fraction of sp³-hybridized carbons (Fsp3) is 0.417. The third kappa shape index (κ3) is 7.72. The zero-order valence-electron chi connectivity index (χ0n) is 18.7. The molecule has 0 radical (unpaired) electrons. The number of nitrogens with zero attached hydrogens (tertiary/aromatic N) is 2. The molecular formula is C24H34IN5O. The molecule has 0 spiro atoms. The van der Waals surface area contributed by atoms with E-state index < -0.39 is 0 Å². The lowest BCUT2D eigenvalue weighted by molar-refractivity contribution is 0.222. The average Bonchev–Trinajstić information content (AvgIpc) is 3.26. The molecule has 2 amide bonds. The van der Waals surface area contributed by atoms with Crippen molar-refractivity contribution in [2.75, 3.05) is 25.0 Å². The number of likely N-dealkylation sites (tertiary alicyclic amines) is 1. The van der Waals surface area contributed by atoms with E-state index in [0.717, 1.165) is 56.2 Å². The molecule has 0 bridgehead atoms. The number of carbonyl (C=O) groups is 1. The van der Waals surface area contributed by atoms with Crippen molar-refractivity contribution in [3.05, 3.63) is 64.7 Å². The van der Waals surface area contributed by atoms with Gasteiger partial charge in [-0.1, -0.05) is 35.9 Å². The first kappa shape index (κ1) is 25.0. The maximum Gasteiger partial charge on any atom is 0.321 e. The van der Waals surface area contributed by atoms with Crippen LogP contribution in [0.15, 0.2) is 47.5 Å². The van der Waals surface area contributed by atoms with Crippen molar-refractivity contribution in [1.29, 1.82) is 0 Å². The highest BCUT2D eigenvalue weighted by Crippen LogP contribution is 2.15. The van der Waals surface area contributed by atoms with Crippen molar-refractivity contribution >= 4 is 41.7 Å². The van der Waals surface area contributed by atoms with Crippen LogP contribution in [-0.2, 0) is 13.1 Å². The molecule has 2 aromatic rings. The maximum absolute atomic E-state index is 12.3. The standard InChI is InChI=1S/C24H33N5O.HI/c1-4-25-23(27-17-21-11-10-18(2)14-19(21)3)26-16-20-8-7-9-22(15-20)28-24(30)29-12-5-6-13-29;/h7-11,14-15H,4-6,12-13,16-17H2,1-3H3,(H,28,30)(H2,25,26,27);1H. The summed E-state index contributed by atoms with van der Waals surface area (Å²) in [4.78, 5) is 18.9. The summed E-state index contributed by atoms with van der Waals surface area (Å²) in [5, 5.41) is 9.72. The number of aryl methyl sites for hydroxylation is 2. The lowest BCUT2D eigenvalue weighted by Gasteiger charge is -2.16. The van der Waals surface area contributed by atoms with Crippen molar-refractivity contribution in [1.82, 2.24) is 15.5 Å². The van der Waals surface area contributed by atoms with Crippen LogP contribution >= 0.6 is 24.0 Å². The van der Waals surface area contributed by atoms with Gasteiger partial charge in [0.25, 0.3) is 0 Å². The first-order valence-electron chi connectivity index (χ1n) is 10.8. The molecule has 0 unspecified atom stereocenters. The number of anilines is 1. The highest BCUT2D eigenvalue weighted by molar-refractivity contribution is 14.0. The number of nitrogens with one attached hydrogen (secondary N) is 3. The second kappa shape index (κ2) is 12.5. The maximum atomic E-state index is 12.3. The van der Waals surface area contributed by atoms with Crippen LogP contribution in [0.4, 0.5) is 10.5 Å². The van der Waals surface area contributed by atoms with Gasteiger partial charge in [0.2, 0.25) is 0 Å². The summed E-state index contributed by atoms with van der Waals surface area (Å²) in [6.07, 6.45) is 2.18. The Balaban J connectivity index is 0.00000341. The van der Waals surface area contributed by atoms with Crippen molar-refractivity contribution < 1.29 is 4.79 Å². The monoisotopic (exact) mass is 535 g/mol. The predicted octanol–water partition coefficient (Wildman–Crippen LogP) is 4.80. The van der Waals surface area contributed by atoms with Crippen molar-refractivity contribution in [2.45, 2.75) is 46.7 Å². The Bertz CT molecular complexity index is 893. The number of rotatable bonds is 6. The number of amides is 2. The van der Waals surface area contributed by atoms with Crippen LogP contribution in [0.2, 0.25) is 0 Å². The molecule has 168 valence electrons. The Morgan fingerprint density at radius 3 is 2.55 bits per heavy atom. The van der Waals surface area contributed by atoms with Gasteiger partial charge in [-0.05, 0) is 62.4 Å². The molecule has 0 saturated carbocycles. The number of halogens is 1.